The fraction of sp³-hybridized carbons (Fsp3) is 0.688. The van der Waals surface area contributed by atoms with E-state index in [1.165, 1.54) is 13.0 Å². The molecule has 0 aliphatic carbocycles. The fourth-order valence-corrected chi connectivity index (χ4v) is 5.00. The van der Waals surface area contributed by atoms with E-state index in [9.17, 15) is 19.5 Å². The minimum Gasteiger partial charge on any atom is -0.459 e. The van der Waals surface area contributed by atoms with E-state index in [-0.39, 0.29) is 25.4 Å². The summed E-state index contributed by atoms with van der Waals surface area (Å²) in [6.45, 7) is 10.6. The molecule has 1 heterocycles. The number of nitrogens with one attached hydrogen (secondary N) is 1. The number of esters is 2. The maximum atomic E-state index is 12.7. The summed E-state index contributed by atoms with van der Waals surface area (Å²) in [6.07, 6.45) is 0.300. The van der Waals surface area contributed by atoms with Gasteiger partial charge in [0.2, 0.25) is 5.91 Å². The molecule has 9 heteroatoms. The number of carbonyl (C=O) groups excluding carboxylic acids is 3. The third-order valence-corrected chi connectivity index (χ3v) is 7.56. The summed E-state index contributed by atoms with van der Waals surface area (Å²) in [6, 6.07) is 0. The van der Waals surface area contributed by atoms with Crippen molar-refractivity contribution in [1.82, 2.24) is 5.32 Å². The predicted molar refractivity (Wildman–Crippen MR) is 98.6 cm³/mol. The average molecular weight is 390 g/mol. The lowest BCUT2D eigenvalue weighted by atomic mass is 9.97. The smallest absolute Gasteiger partial charge is 0.346 e. The van der Waals surface area contributed by atoms with Gasteiger partial charge in [-0.15, -0.1) is 0 Å². The van der Waals surface area contributed by atoms with E-state index in [1.54, 1.807) is 0 Å². The van der Waals surface area contributed by atoms with E-state index in [2.05, 4.69) is 24.5 Å². The second-order valence-electron chi connectivity index (χ2n) is 7.26. The van der Waals surface area contributed by atoms with E-state index < -0.39 is 42.6 Å². The molecule has 1 aliphatic heterocycles. The number of amides is 1. The summed E-state index contributed by atoms with van der Waals surface area (Å²) < 4.78 is 10.8. The van der Waals surface area contributed by atoms with Gasteiger partial charge in [0.1, 0.15) is 14.7 Å². The molecule has 0 spiro atoms. The van der Waals surface area contributed by atoms with Crippen LogP contribution in [0.5, 0.6) is 0 Å². The van der Waals surface area contributed by atoms with Gasteiger partial charge in [-0.05, 0) is 6.92 Å². The summed E-state index contributed by atoms with van der Waals surface area (Å²) in [5.74, 6) is -2.25. The van der Waals surface area contributed by atoms with Crippen LogP contribution < -0.4 is 5.32 Å². The Morgan fingerprint density at radius 2 is 2.08 bits per heavy atom. The minimum absolute atomic E-state index is 0.0217. The second kappa shape index (κ2) is 8.37. The highest BCUT2D eigenvalue weighted by molar-refractivity contribution is 7.81. The summed E-state index contributed by atoms with van der Waals surface area (Å²) in [4.78, 5) is 36.6. The van der Waals surface area contributed by atoms with Gasteiger partial charge in [-0.25, -0.2) is 4.79 Å². The largest absolute Gasteiger partial charge is 0.459 e. The molecule has 7 nitrogen and oxygen atoms in total. The number of aliphatic hydroxyl groups excluding tert-OH is 1. The van der Waals surface area contributed by atoms with Gasteiger partial charge in [-0.3, -0.25) is 9.59 Å². The molecule has 1 amide bonds. The van der Waals surface area contributed by atoms with Crippen LogP contribution in [0.1, 0.15) is 19.8 Å². The number of hydrogen-bond acceptors (Lipinski definition) is 7. The number of hydrogen-bond donors (Lipinski definition) is 3. The average Bonchev–Trinajstić information content (AvgIpc) is 2.48. The van der Waals surface area contributed by atoms with Crippen LogP contribution in [-0.2, 0) is 23.9 Å². The third-order valence-electron chi connectivity index (χ3n) is 4.14. The van der Waals surface area contributed by atoms with Crippen LogP contribution in [0, 0.1) is 5.92 Å². The summed E-state index contributed by atoms with van der Waals surface area (Å²) in [5, 5.41) is 10.4. The van der Waals surface area contributed by atoms with E-state index in [0.717, 1.165) is 0 Å². The van der Waals surface area contributed by atoms with E-state index >= 15 is 0 Å². The van der Waals surface area contributed by atoms with Crippen molar-refractivity contribution < 1.29 is 29.0 Å². The topological polar surface area (TPSA) is 102 Å². The maximum Gasteiger partial charge on any atom is 0.346 e. The first-order valence-electron chi connectivity index (χ1n) is 8.11. The molecular weight excluding hydrogens is 362 g/mol. The molecule has 4 atom stereocenters. The SMILES string of the molecule is C=CCOC(=O)C(CC(C)O)(OC(=O)C[C@H]1C(=O)N[C@@H]1S)[Si](C)(C)C. The Kier molecular flexibility index (Phi) is 7.27. The lowest BCUT2D eigenvalue weighted by molar-refractivity contribution is -0.177. The molecule has 0 aromatic carbocycles. The molecular formula is C16H27NO6SSi. The van der Waals surface area contributed by atoms with Crippen LogP contribution in [0.15, 0.2) is 12.7 Å². The quantitative estimate of drug-likeness (QED) is 0.179. The van der Waals surface area contributed by atoms with E-state index in [4.69, 9.17) is 9.47 Å². The first-order chi connectivity index (χ1) is 11.4. The van der Waals surface area contributed by atoms with Crippen LogP contribution in [-0.4, -0.2) is 54.3 Å². The first-order valence-corrected chi connectivity index (χ1v) is 12.1. The minimum atomic E-state index is -2.48. The van der Waals surface area contributed by atoms with Gasteiger partial charge >= 0.3 is 11.9 Å². The van der Waals surface area contributed by atoms with Gasteiger partial charge < -0.3 is 19.9 Å². The standard InChI is InChI=1S/C16H27NO6SSi/c1-6-7-22-15(21)16(9-10(2)18,25(3,4)5)23-12(19)8-11-13(20)17-14(11)24/h6,10-11,14,18,24H,1,7-9H2,2-5H3,(H,17,20)/t10?,11-,14+,16?/m0/s1. The lowest BCUT2D eigenvalue weighted by Gasteiger charge is -2.41. The molecule has 0 radical (unpaired) electrons. The zero-order valence-corrected chi connectivity index (χ0v) is 17.0. The zero-order valence-electron chi connectivity index (χ0n) is 15.1. The summed E-state index contributed by atoms with van der Waals surface area (Å²) in [7, 11) is -2.48. The zero-order chi connectivity index (χ0) is 19.4. The fourth-order valence-electron chi connectivity index (χ4n) is 2.62. The molecule has 1 rings (SSSR count). The number of aliphatic hydroxyl groups is 1. The normalized spacial score (nSPS) is 23.5. The summed E-state index contributed by atoms with van der Waals surface area (Å²) >= 11 is 4.15. The highest BCUT2D eigenvalue weighted by Gasteiger charge is 2.55. The van der Waals surface area contributed by atoms with Gasteiger partial charge in [-0.1, -0.05) is 32.3 Å². The van der Waals surface area contributed by atoms with Crippen molar-refractivity contribution in [3.8, 4) is 0 Å². The first kappa shape index (κ1) is 21.7. The number of thiol groups is 1. The molecule has 0 aromatic heterocycles. The monoisotopic (exact) mass is 389 g/mol. The Morgan fingerprint density at radius 3 is 2.48 bits per heavy atom. The van der Waals surface area contributed by atoms with Crippen LogP contribution in [0.3, 0.4) is 0 Å². The molecule has 25 heavy (non-hydrogen) atoms. The van der Waals surface area contributed by atoms with Crippen LogP contribution >= 0.6 is 12.6 Å². The van der Waals surface area contributed by atoms with Gasteiger partial charge in [-0.2, -0.15) is 12.6 Å². The van der Waals surface area contributed by atoms with Crippen LogP contribution in [0.4, 0.5) is 0 Å². The Labute approximate surface area is 154 Å². The molecule has 1 fully saturated rings. The Morgan fingerprint density at radius 1 is 1.48 bits per heavy atom. The van der Waals surface area contributed by atoms with Crippen molar-refractivity contribution in [3.05, 3.63) is 12.7 Å². The van der Waals surface area contributed by atoms with Crippen molar-refractivity contribution in [1.29, 1.82) is 0 Å². The lowest BCUT2D eigenvalue weighted by Crippen LogP contribution is -2.63. The van der Waals surface area contributed by atoms with Crippen molar-refractivity contribution in [3.63, 3.8) is 0 Å². The Hall–Kier alpha value is -1.32. The third kappa shape index (κ3) is 5.08. The van der Waals surface area contributed by atoms with E-state index in [1.807, 2.05) is 19.6 Å². The molecule has 142 valence electrons. The number of rotatable bonds is 9. The van der Waals surface area contributed by atoms with Gasteiger partial charge in [0, 0.05) is 6.42 Å². The van der Waals surface area contributed by atoms with Crippen LogP contribution in [0.25, 0.3) is 0 Å². The molecule has 2 N–H and O–H groups in total. The van der Waals surface area contributed by atoms with Crippen molar-refractivity contribution in [2.24, 2.45) is 5.92 Å². The van der Waals surface area contributed by atoms with Crippen molar-refractivity contribution >= 4 is 38.5 Å². The van der Waals surface area contributed by atoms with Crippen LogP contribution in [0.2, 0.25) is 19.6 Å². The van der Waals surface area contributed by atoms with Gasteiger partial charge in [0.15, 0.2) is 5.22 Å². The second-order valence-corrected chi connectivity index (χ2v) is 13.1. The molecule has 0 bridgehead atoms. The van der Waals surface area contributed by atoms with Crippen molar-refractivity contribution in [2.45, 2.75) is 56.1 Å². The summed E-state index contributed by atoms with van der Waals surface area (Å²) in [5.41, 5.74) is 0. The molecule has 2 unspecified atom stereocenters. The van der Waals surface area contributed by atoms with Gasteiger partial charge in [0.25, 0.3) is 0 Å². The molecule has 0 aromatic rings. The Bertz CT molecular complexity index is 547. The molecule has 1 aliphatic rings. The number of ether oxygens (including phenoxy) is 2. The highest BCUT2D eigenvalue weighted by Crippen LogP contribution is 2.33. The Balaban J connectivity index is 3.06. The van der Waals surface area contributed by atoms with E-state index in [0.29, 0.717) is 0 Å². The number of carbonyl (C=O) groups is 3. The highest BCUT2D eigenvalue weighted by atomic mass is 32.1. The number of β-lactam (4-membered cyclic amide) rings is 1. The maximum absolute atomic E-state index is 12.7. The molecule has 0 saturated carbocycles. The molecule has 1 saturated heterocycles. The predicted octanol–water partition coefficient (Wildman–Crippen LogP) is 1.04. The van der Waals surface area contributed by atoms with Gasteiger partial charge in [0.05, 0.1) is 23.8 Å². The van der Waals surface area contributed by atoms with Crippen molar-refractivity contribution in [2.75, 3.05) is 6.61 Å².